The van der Waals surface area contributed by atoms with Crippen LogP contribution in [0.2, 0.25) is 0 Å². The standard InChI is InChI=1S/C28H36F4O2/c1-3-5-7-19-10-12-23(25(30)15-19)24-13-14-26(28(32)27(24)31)34-18-21(29)16-22-11-9-20(17-33-22)8-6-4-2/h3,10,12,14-15,20-22,24H,1,4-9,11,13,16-18H2,2H3. The lowest BCUT2D eigenvalue weighted by molar-refractivity contribution is -0.0383. The fraction of sp³-hybridized carbons (Fsp3) is 0.571. The van der Waals surface area contributed by atoms with Crippen molar-refractivity contribution in [3.63, 3.8) is 0 Å². The second kappa shape index (κ2) is 13.1. The van der Waals surface area contributed by atoms with Gasteiger partial charge in [-0.25, -0.2) is 13.2 Å². The Kier molecular flexibility index (Phi) is 10.2. The summed E-state index contributed by atoms with van der Waals surface area (Å²) in [6, 6.07) is 4.57. The quantitative estimate of drug-likeness (QED) is 0.222. The van der Waals surface area contributed by atoms with Crippen molar-refractivity contribution in [3.8, 4) is 0 Å². The predicted octanol–water partition coefficient (Wildman–Crippen LogP) is 8.20. The first-order valence-electron chi connectivity index (χ1n) is 12.5. The first-order chi connectivity index (χ1) is 16.4. The molecule has 1 aliphatic heterocycles. The van der Waals surface area contributed by atoms with Gasteiger partial charge in [0.15, 0.2) is 11.6 Å². The zero-order chi connectivity index (χ0) is 24.5. The molecule has 3 rings (SSSR count). The summed E-state index contributed by atoms with van der Waals surface area (Å²) >= 11 is 0. The average molecular weight is 481 g/mol. The molecule has 2 nitrogen and oxygen atoms in total. The summed E-state index contributed by atoms with van der Waals surface area (Å²) in [5, 5.41) is 0. The van der Waals surface area contributed by atoms with Gasteiger partial charge in [0.25, 0.3) is 0 Å². The summed E-state index contributed by atoms with van der Waals surface area (Å²) < 4.78 is 69.5. The van der Waals surface area contributed by atoms with Gasteiger partial charge in [0.05, 0.1) is 6.10 Å². The molecule has 34 heavy (non-hydrogen) atoms. The number of alkyl halides is 1. The van der Waals surface area contributed by atoms with Crippen molar-refractivity contribution in [2.24, 2.45) is 5.92 Å². The second-order valence-corrected chi connectivity index (χ2v) is 9.39. The van der Waals surface area contributed by atoms with Crippen LogP contribution in [0.5, 0.6) is 0 Å². The predicted molar refractivity (Wildman–Crippen MR) is 127 cm³/mol. The largest absolute Gasteiger partial charge is 0.488 e. The molecule has 1 fully saturated rings. The van der Waals surface area contributed by atoms with Gasteiger partial charge in [-0.3, -0.25) is 0 Å². The van der Waals surface area contributed by atoms with Gasteiger partial charge in [-0.05, 0) is 67.7 Å². The van der Waals surface area contributed by atoms with Crippen LogP contribution < -0.4 is 0 Å². The number of rotatable bonds is 12. The summed E-state index contributed by atoms with van der Waals surface area (Å²) in [6.07, 6.45) is 8.46. The Morgan fingerprint density at radius 1 is 1.24 bits per heavy atom. The smallest absolute Gasteiger partial charge is 0.196 e. The van der Waals surface area contributed by atoms with Gasteiger partial charge in [0.2, 0.25) is 0 Å². The zero-order valence-corrected chi connectivity index (χ0v) is 20.0. The first-order valence-corrected chi connectivity index (χ1v) is 12.5. The van der Waals surface area contributed by atoms with E-state index in [1.165, 1.54) is 24.6 Å². The Bertz CT molecular complexity index is 871. The fourth-order valence-corrected chi connectivity index (χ4v) is 4.65. The van der Waals surface area contributed by atoms with Crippen molar-refractivity contribution in [2.75, 3.05) is 13.2 Å². The lowest BCUT2D eigenvalue weighted by Crippen LogP contribution is -2.29. The van der Waals surface area contributed by atoms with Crippen LogP contribution in [0.15, 0.2) is 54.3 Å². The van der Waals surface area contributed by atoms with Crippen molar-refractivity contribution in [3.05, 3.63) is 71.3 Å². The maximum atomic E-state index is 14.8. The highest BCUT2D eigenvalue weighted by Crippen LogP contribution is 2.40. The second-order valence-electron chi connectivity index (χ2n) is 9.39. The van der Waals surface area contributed by atoms with Crippen molar-refractivity contribution in [1.82, 2.24) is 0 Å². The van der Waals surface area contributed by atoms with Gasteiger partial charge in [-0.1, -0.05) is 38.0 Å². The molecule has 1 saturated heterocycles. The Morgan fingerprint density at radius 2 is 2.06 bits per heavy atom. The van der Waals surface area contributed by atoms with Crippen LogP contribution >= 0.6 is 0 Å². The molecule has 4 atom stereocenters. The molecule has 0 spiro atoms. The highest BCUT2D eigenvalue weighted by Gasteiger charge is 2.31. The molecule has 0 bridgehead atoms. The van der Waals surface area contributed by atoms with Gasteiger partial charge in [0, 0.05) is 18.9 Å². The maximum Gasteiger partial charge on any atom is 0.196 e. The van der Waals surface area contributed by atoms with Gasteiger partial charge in [0.1, 0.15) is 24.4 Å². The SMILES string of the molecule is C=CCCc1ccc(C2CC=C(OCC(F)CC3CCC(CCCC)CO3)C(F)=C2F)c(F)c1. The summed E-state index contributed by atoms with van der Waals surface area (Å²) in [7, 11) is 0. The topological polar surface area (TPSA) is 18.5 Å². The molecule has 0 amide bonds. The molecule has 1 heterocycles. The Balaban J connectivity index is 1.49. The maximum absolute atomic E-state index is 14.8. The number of hydrogen-bond acceptors (Lipinski definition) is 2. The van der Waals surface area contributed by atoms with E-state index >= 15 is 0 Å². The number of allylic oxidation sites excluding steroid dienone is 4. The van der Waals surface area contributed by atoms with Gasteiger partial charge < -0.3 is 9.47 Å². The molecular formula is C28H36F4O2. The van der Waals surface area contributed by atoms with E-state index in [1.807, 2.05) is 0 Å². The number of aryl methyl sites for hydroxylation is 1. The third-order valence-electron chi connectivity index (χ3n) is 6.72. The van der Waals surface area contributed by atoms with E-state index in [0.29, 0.717) is 25.4 Å². The highest BCUT2D eigenvalue weighted by atomic mass is 19.2. The van der Waals surface area contributed by atoms with Crippen molar-refractivity contribution in [2.45, 2.75) is 82.9 Å². The molecule has 0 saturated carbocycles. The highest BCUT2D eigenvalue weighted by molar-refractivity contribution is 5.39. The fourth-order valence-electron chi connectivity index (χ4n) is 4.65. The van der Waals surface area contributed by atoms with Gasteiger partial charge in [-0.15, -0.1) is 6.58 Å². The molecular weight excluding hydrogens is 444 g/mol. The van der Waals surface area contributed by atoms with E-state index in [-0.39, 0.29) is 36.9 Å². The molecule has 0 radical (unpaired) electrons. The van der Waals surface area contributed by atoms with Crippen LogP contribution in [-0.4, -0.2) is 25.5 Å². The average Bonchev–Trinajstić information content (AvgIpc) is 2.84. The number of unbranched alkanes of at least 4 members (excludes halogenated alkanes) is 1. The Labute approximate surface area is 200 Å². The minimum atomic E-state index is -1.34. The van der Waals surface area contributed by atoms with Crippen molar-refractivity contribution >= 4 is 0 Å². The number of ether oxygens (including phenoxy) is 2. The lowest BCUT2D eigenvalue weighted by atomic mass is 9.89. The van der Waals surface area contributed by atoms with Gasteiger partial charge in [-0.2, -0.15) is 4.39 Å². The van der Waals surface area contributed by atoms with E-state index in [0.717, 1.165) is 31.2 Å². The Morgan fingerprint density at radius 3 is 2.74 bits per heavy atom. The minimum Gasteiger partial charge on any atom is -0.488 e. The molecule has 1 aromatic carbocycles. The van der Waals surface area contributed by atoms with E-state index in [1.54, 1.807) is 12.1 Å². The summed E-state index contributed by atoms with van der Waals surface area (Å²) in [6.45, 7) is 6.08. The molecule has 0 aromatic heterocycles. The molecule has 1 aromatic rings. The van der Waals surface area contributed by atoms with E-state index in [9.17, 15) is 17.6 Å². The summed E-state index contributed by atoms with van der Waals surface area (Å²) in [5.41, 5.74) is 0.870. The summed E-state index contributed by atoms with van der Waals surface area (Å²) in [5.74, 6) is -3.67. The molecule has 1 aliphatic carbocycles. The third kappa shape index (κ3) is 7.21. The van der Waals surface area contributed by atoms with E-state index in [2.05, 4.69) is 13.5 Å². The molecule has 2 aliphatic rings. The summed E-state index contributed by atoms with van der Waals surface area (Å²) in [4.78, 5) is 0. The monoisotopic (exact) mass is 480 g/mol. The lowest BCUT2D eigenvalue weighted by Gasteiger charge is -2.30. The molecule has 0 N–H and O–H groups in total. The van der Waals surface area contributed by atoms with E-state index < -0.39 is 29.6 Å². The van der Waals surface area contributed by atoms with Crippen LogP contribution in [0, 0.1) is 11.7 Å². The van der Waals surface area contributed by atoms with Crippen LogP contribution in [0.25, 0.3) is 0 Å². The normalized spacial score (nSPS) is 24.0. The minimum absolute atomic E-state index is 0.0410. The van der Waals surface area contributed by atoms with Gasteiger partial charge >= 0.3 is 0 Å². The van der Waals surface area contributed by atoms with Crippen LogP contribution in [-0.2, 0) is 15.9 Å². The first kappa shape index (κ1) is 26.5. The van der Waals surface area contributed by atoms with E-state index in [4.69, 9.17) is 9.47 Å². The number of hydrogen-bond donors (Lipinski definition) is 0. The van der Waals surface area contributed by atoms with Crippen molar-refractivity contribution < 1.29 is 27.0 Å². The van der Waals surface area contributed by atoms with Crippen LogP contribution in [0.1, 0.15) is 75.3 Å². The zero-order valence-electron chi connectivity index (χ0n) is 20.0. The molecule has 6 heteroatoms. The number of benzene rings is 1. The molecule has 188 valence electrons. The number of halogens is 4. The van der Waals surface area contributed by atoms with Crippen LogP contribution in [0.3, 0.4) is 0 Å². The van der Waals surface area contributed by atoms with Crippen molar-refractivity contribution in [1.29, 1.82) is 0 Å². The third-order valence-corrected chi connectivity index (χ3v) is 6.72. The Hall–Kier alpha value is -2.08. The van der Waals surface area contributed by atoms with Crippen LogP contribution in [0.4, 0.5) is 17.6 Å². The molecule has 4 unspecified atom stereocenters.